The molecule has 0 spiro atoms. The van der Waals surface area contributed by atoms with Crippen LogP contribution in [-0.4, -0.2) is 11.6 Å². The minimum Gasteiger partial charge on any atom is -0.376 e. The summed E-state index contributed by atoms with van der Waals surface area (Å²) in [5, 5.41) is 0. The summed E-state index contributed by atoms with van der Waals surface area (Å²) in [7, 11) is 0. The Bertz CT molecular complexity index is 563. The maximum atomic E-state index is 5.75. The van der Waals surface area contributed by atoms with Gasteiger partial charge in [-0.15, -0.1) is 0 Å². The van der Waals surface area contributed by atoms with Gasteiger partial charge < -0.3 is 4.74 Å². The van der Waals surface area contributed by atoms with E-state index in [1.54, 1.807) is 6.20 Å². The molecule has 98 valence electrons. The van der Waals surface area contributed by atoms with E-state index in [2.05, 4.69) is 43.1 Å². The van der Waals surface area contributed by atoms with Crippen molar-refractivity contribution in [2.24, 2.45) is 5.92 Å². The van der Waals surface area contributed by atoms with E-state index in [-0.39, 0.29) is 0 Å². The van der Waals surface area contributed by atoms with Gasteiger partial charge in [0, 0.05) is 18.3 Å². The molecule has 0 fully saturated rings. The smallest absolute Gasteiger partial charge is 0.0720 e. The lowest BCUT2D eigenvalue weighted by atomic mass is 9.84. The molecular formula is C17H19NO. The lowest BCUT2D eigenvalue weighted by Crippen LogP contribution is -2.20. The van der Waals surface area contributed by atoms with Gasteiger partial charge in [-0.1, -0.05) is 32.0 Å². The van der Waals surface area contributed by atoms with E-state index < -0.39 is 0 Å². The molecule has 1 aliphatic rings. The molecular weight excluding hydrogens is 234 g/mol. The summed E-state index contributed by atoms with van der Waals surface area (Å²) in [6.45, 7) is 6.10. The van der Waals surface area contributed by atoms with Crippen molar-refractivity contribution in [3.8, 4) is 11.1 Å². The number of ether oxygens (including phenoxy) is 1. The maximum absolute atomic E-state index is 5.75. The molecule has 2 nitrogen and oxygen atoms in total. The number of rotatable bonds is 2. The van der Waals surface area contributed by atoms with Gasteiger partial charge in [-0.2, -0.15) is 0 Å². The Balaban J connectivity index is 2.00. The molecule has 0 radical (unpaired) electrons. The van der Waals surface area contributed by atoms with Crippen molar-refractivity contribution in [2.75, 3.05) is 6.61 Å². The Labute approximate surface area is 114 Å². The van der Waals surface area contributed by atoms with Crippen molar-refractivity contribution < 1.29 is 4.74 Å². The van der Waals surface area contributed by atoms with Crippen LogP contribution in [-0.2, 0) is 11.3 Å². The van der Waals surface area contributed by atoms with Crippen LogP contribution in [0.5, 0.6) is 0 Å². The lowest BCUT2D eigenvalue weighted by Gasteiger charge is -2.29. The molecule has 0 unspecified atom stereocenters. The molecule has 0 aliphatic carbocycles. The first-order chi connectivity index (χ1) is 9.25. The van der Waals surface area contributed by atoms with E-state index in [1.165, 1.54) is 16.7 Å². The zero-order valence-corrected chi connectivity index (χ0v) is 11.5. The van der Waals surface area contributed by atoms with Gasteiger partial charge in [0.1, 0.15) is 0 Å². The van der Waals surface area contributed by atoms with Gasteiger partial charge in [0.05, 0.1) is 13.2 Å². The molecule has 0 N–H and O–H groups in total. The van der Waals surface area contributed by atoms with Gasteiger partial charge in [-0.05, 0) is 40.3 Å². The van der Waals surface area contributed by atoms with Gasteiger partial charge in [-0.25, -0.2) is 0 Å². The van der Waals surface area contributed by atoms with E-state index in [4.69, 9.17) is 4.74 Å². The predicted molar refractivity (Wildman–Crippen MR) is 76.9 cm³/mol. The molecule has 2 aromatic rings. The number of pyridine rings is 1. The van der Waals surface area contributed by atoms with Crippen LogP contribution in [0, 0.1) is 5.92 Å². The summed E-state index contributed by atoms with van der Waals surface area (Å²) in [4.78, 5) is 4.19. The van der Waals surface area contributed by atoms with E-state index in [0.717, 1.165) is 18.8 Å². The van der Waals surface area contributed by atoms with E-state index in [9.17, 15) is 0 Å². The van der Waals surface area contributed by atoms with E-state index in [0.29, 0.717) is 11.8 Å². The molecule has 19 heavy (non-hydrogen) atoms. The normalized spacial score (nSPS) is 18.4. The highest BCUT2D eigenvalue weighted by Gasteiger charge is 2.23. The second-order valence-corrected chi connectivity index (χ2v) is 5.52. The fourth-order valence-corrected chi connectivity index (χ4v) is 2.74. The summed E-state index contributed by atoms with van der Waals surface area (Å²) in [6, 6.07) is 10.8. The van der Waals surface area contributed by atoms with Crippen LogP contribution in [0.2, 0.25) is 0 Å². The first-order valence-corrected chi connectivity index (χ1v) is 6.86. The number of fused-ring (bicyclic) bond motifs is 1. The lowest BCUT2D eigenvalue weighted by molar-refractivity contribution is 0.0793. The fraction of sp³-hybridized carbons (Fsp3) is 0.353. The average Bonchev–Trinajstić information content (AvgIpc) is 2.47. The standard InChI is InChI=1S/C17H19NO/c1-12(2)17-11-19-10-15-8-13(5-6-16(15)17)14-4-3-7-18-9-14/h3-9,12,17H,10-11H2,1-2H3/t17-/m0/s1. The van der Waals surface area contributed by atoms with Crippen LogP contribution >= 0.6 is 0 Å². The monoisotopic (exact) mass is 253 g/mol. The topological polar surface area (TPSA) is 22.1 Å². The largest absolute Gasteiger partial charge is 0.376 e. The van der Waals surface area contributed by atoms with E-state index >= 15 is 0 Å². The third-order valence-electron chi connectivity index (χ3n) is 3.90. The number of benzene rings is 1. The number of hydrogen-bond donors (Lipinski definition) is 0. The minimum atomic E-state index is 0.520. The second kappa shape index (κ2) is 5.14. The second-order valence-electron chi connectivity index (χ2n) is 5.52. The number of aromatic nitrogens is 1. The van der Waals surface area contributed by atoms with Crippen molar-refractivity contribution in [1.82, 2.24) is 4.98 Å². The molecule has 1 aliphatic heterocycles. The maximum Gasteiger partial charge on any atom is 0.0720 e. The molecule has 2 heteroatoms. The molecule has 0 saturated heterocycles. The van der Waals surface area contributed by atoms with Crippen molar-refractivity contribution in [3.05, 3.63) is 53.9 Å². The highest BCUT2D eigenvalue weighted by Crippen LogP contribution is 2.34. The molecule has 3 rings (SSSR count). The summed E-state index contributed by atoms with van der Waals surface area (Å²) in [5.74, 6) is 1.13. The van der Waals surface area contributed by atoms with Gasteiger partial charge in [-0.3, -0.25) is 4.98 Å². The third-order valence-corrected chi connectivity index (χ3v) is 3.90. The quantitative estimate of drug-likeness (QED) is 0.806. The molecule has 0 bridgehead atoms. The molecule has 1 atom stereocenters. The molecule has 0 amide bonds. The van der Waals surface area contributed by atoms with Crippen molar-refractivity contribution in [3.63, 3.8) is 0 Å². The number of nitrogens with zero attached hydrogens (tertiary/aromatic N) is 1. The SMILES string of the molecule is CC(C)[C@@H]1COCc2cc(-c3cccnc3)ccc21. The Morgan fingerprint density at radius 1 is 1.21 bits per heavy atom. The Morgan fingerprint density at radius 2 is 2.11 bits per heavy atom. The number of hydrogen-bond acceptors (Lipinski definition) is 2. The van der Waals surface area contributed by atoms with Crippen LogP contribution in [0.1, 0.15) is 30.9 Å². The van der Waals surface area contributed by atoms with Crippen LogP contribution < -0.4 is 0 Å². The minimum absolute atomic E-state index is 0.520. The van der Waals surface area contributed by atoms with E-state index in [1.807, 2.05) is 12.3 Å². The fourth-order valence-electron chi connectivity index (χ4n) is 2.74. The first kappa shape index (κ1) is 12.4. The Hall–Kier alpha value is -1.67. The van der Waals surface area contributed by atoms with Crippen LogP contribution in [0.25, 0.3) is 11.1 Å². The van der Waals surface area contributed by atoms with Crippen LogP contribution in [0.3, 0.4) is 0 Å². The molecule has 2 heterocycles. The van der Waals surface area contributed by atoms with Gasteiger partial charge in [0.15, 0.2) is 0 Å². The predicted octanol–water partition coefficient (Wildman–Crippen LogP) is 4.02. The van der Waals surface area contributed by atoms with Gasteiger partial charge >= 0.3 is 0 Å². The van der Waals surface area contributed by atoms with Gasteiger partial charge in [0.25, 0.3) is 0 Å². The van der Waals surface area contributed by atoms with Crippen molar-refractivity contribution in [1.29, 1.82) is 0 Å². The van der Waals surface area contributed by atoms with Gasteiger partial charge in [0.2, 0.25) is 0 Å². The third kappa shape index (κ3) is 2.41. The van der Waals surface area contributed by atoms with Crippen LogP contribution in [0.4, 0.5) is 0 Å². The zero-order valence-electron chi connectivity index (χ0n) is 11.5. The molecule has 0 saturated carbocycles. The summed E-state index contributed by atoms with van der Waals surface area (Å²) >= 11 is 0. The summed E-state index contributed by atoms with van der Waals surface area (Å²) < 4.78 is 5.75. The Morgan fingerprint density at radius 3 is 2.84 bits per heavy atom. The summed E-state index contributed by atoms with van der Waals surface area (Å²) in [5.41, 5.74) is 5.16. The average molecular weight is 253 g/mol. The molecule has 1 aromatic heterocycles. The van der Waals surface area contributed by atoms with Crippen molar-refractivity contribution in [2.45, 2.75) is 26.4 Å². The van der Waals surface area contributed by atoms with Crippen LogP contribution in [0.15, 0.2) is 42.7 Å². The zero-order chi connectivity index (χ0) is 13.2. The molecule has 1 aromatic carbocycles. The Kier molecular flexibility index (Phi) is 3.34. The summed E-state index contributed by atoms with van der Waals surface area (Å²) in [6.07, 6.45) is 3.71. The highest BCUT2D eigenvalue weighted by atomic mass is 16.5. The van der Waals surface area contributed by atoms with Crippen molar-refractivity contribution >= 4 is 0 Å². The first-order valence-electron chi connectivity index (χ1n) is 6.86. The highest BCUT2D eigenvalue weighted by molar-refractivity contribution is 5.64.